The molecule has 0 atom stereocenters. The zero-order valence-electron chi connectivity index (χ0n) is 11.7. The van der Waals surface area contributed by atoms with Gasteiger partial charge >= 0.3 is 5.97 Å². The maximum Gasteiger partial charge on any atom is 0.338 e. The number of nitrogens with two attached hydrogens (primary N) is 1. The molecule has 1 aromatic carbocycles. The summed E-state index contributed by atoms with van der Waals surface area (Å²) in [6.07, 6.45) is 4.46. The molecule has 0 unspecified atom stereocenters. The van der Waals surface area contributed by atoms with Gasteiger partial charge in [-0.25, -0.2) is 4.79 Å². The van der Waals surface area contributed by atoms with E-state index in [0.29, 0.717) is 17.2 Å². The first kappa shape index (κ1) is 13.7. The molecule has 1 aliphatic rings. The van der Waals surface area contributed by atoms with E-state index in [4.69, 9.17) is 10.5 Å². The van der Waals surface area contributed by atoms with Gasteiger partial charge in [-0.1, -0.05) is 26.0 Å². The number of carbonyl (C=O) groups is 1. The fourth-order valence-electron chi connectivity index (χ4n) is 2.59. The lowest BCUT2D eigenvalue weighted by Gasteiger charge is -2.29. The van der Waals surface area contributed by atoms with E-state index in [2.05, 4.69) is 12.6 Å². The van der Waals surface area contributed by atoms with Crippen molar-refractivity contribution < 1.29 is 9.53 Å². The molecule has 0 aliphatic heterocycles. The van der Waals surface area contributed by atoms with Crippen molar-refractivity contribution in [3.63, 3.8) is 0 Å². The summed E-state index contributed by atoms with van der Waals surface area (Å²) in [7, 11) is 1.40. The van der Waals surface area contributed by atoms with Gasteiger partial charge in [-0.05, 0) is 42.4 Å². The molecular formula is C16H21NO2. The van der Waals surface area contributed by atoms with Gasteiger partial charge in [-0.15, -0.1) is 0 Å². The molecule has 1 saturated carbocycles. The summed E-state index contributed by atoms with van der Waals surface area (Å²) in [4.78, 5) is 11.8. The zero-order chi connectivity index (χ0) is 14.0. The van der Waals surface area contributed by atoms with Gasteiger partial charge in [-0.3, -0.25) is 0 Å². The SMILES string of the molecule is C=C(N)c1cc(C(=O)OC)c(CC)cc1C1CCC1. The molecule has 1 aromatic rings. The average molecular weight is 259 g/mol. The van der Waals surface area contributed by atoms with Crippen molar-refractivity contribution in [3.8, 4) is 0 Å². The Hall–Kier alpha value is -1.77. The molecule has 0 bridgehead atoms. The summed E-state index contributed by atoms with van der Waals surface area (Å²) in [6, 6.07) is 3.96. The van der Waals surface area contributed by atoms with E-state index in [1.165, 1.54) is 31.9 Å². The predicted octanol–water partition coefficient (Wildman–Crippen LogP) is 3.23. The minimum absolute atomic E-state index is 0.306. The normalized spacial score (nSPS) is 14.8. The Balaban J connectivity index is 2.55. The molecule has 2 rings (SSSR count). The Morgan fingerprint density at radius 3 is 2.53 bits per heavy atom. The van der Waals surface area contributed by atoms with Crippen LogP contribution in [0.3, 0.4) is 0 Å². The van der Waals surface area contributed by atoms with Crippen LogP contribution in [0.15, 0.2) is 18.7 Å². The number of methoxy groups -OCH3 is 1. The number of ether oxygens (including phenoxy) is 1. The van der Waals surface area contributed by atoms with Gasteiger partial charge in [0.15, 0.2) is 0 Å². The number of esters is 1. The second-order valence-corrected chi connectivity index (χ2v) is 5.09. The van der Waals surface area contributed by atoms with Crippen molar-refractivity contribution in [1.29, 1.82) is 0 Å². The van der Waals surface area contributed by atoms with Crippen LogP contribution < -0.4 is 5.73 Å². The Morgan fingerprint density at radius 2 is 2.11 bits per heavy atom. The number of hydrogen-bond donors (Lipinski definition) is 1. The van der Waals surface area contributed by atoms with Crippen molar-refractivity contribution in [3.05, 3.63) is 41.0 Å². The highest BCUT2D eigenvalue weighted by atomic mass is 16.5. The zero-order valence-corrected chi connectivity index (χ0v) is 11.7. The second-order valence-electron chi connectivity index (χ2n) is 5.09. The molecule has 2 N–H and O–H groups in total. The fourth-order valence-corrected chi connectivity index (χ4v) is 2.59. The predicted molar refractivity (Wildman–Crippen MR) is 77.0 cm³/mol. The number of aryl methyl sites for hydroxylation is 1. The molecule has 3 nitrogen and oxygen atoms in total. The van der Waals surface area contributed by atoms with Crippen LogP contribution in [0.1, 0.15) is 59.2 Å². The minimum Gasteiger partial charge on any atom is -0.465 e. The molecule has 0 heterocycles. The molecule has 0 radical (unpaired) electrons. The third-order valence-electron chi connectivity index (χ3n) is 3.95. The lowest BCUT2D eigenvalue weighted by atomic mass is 9.76. The highest BCUT2D eigenvalue weighted by molar-refractivity contribution is 5.92. The molecule has 0 aromatic heterocycles. The van der Waals surface area contributed by atoms with E-state index in [0.717, 1.165) is 17.5 Å². The molecule has 102 valence electrons. The van der Waals surface area contributed by atoms with E-state index < -0.39 is 0 Å². The molecule has 0 spiro atoms. The van der Waals surface area contributed by atoms with Gasteiger partial charge in [0, 0.05) is 11.3 Å². The van der Waals surface area contributed by atoms with E-state index in [-0.39, 0.29) is 5.97 Å². The van der Waals surface area contributed by atoms with E-state index in [1.807, 2.05) is 13.0 Å². The summed E-state index contributed by atoms with van der Waals surface area (Å²) in [5, 5.41) is 0. The van der Waals surface area contributed by atoms with Crippen LogP contribution in [0, 0.1) is 0 Å². The Labute approximate surface area is 114 Å². The summed E-state index contributed by atoms with van der Waals surface area (Å²) in [5.74, 6) is 0.256. The van der Waals surface area contributed by atoms with Crippen LogP contribution in [0.25, 0.3) is 5.70 Å². The maximum atomic E-state index is 11.8. The van der Waals surface area contributed by atoms with Crippen LogP contribution in [-0.2, 0) is 11.2 Å². The molecule has 19 heavy (non-hydrogen) atoms. The fraction of sp³-hybridized carbons (Fsp3) is 0.438. The van der Waals surface area contributed by atoms with Gasteiger partial charge in [0.25, 0.3) is 0 Å². The quantitative estimate of drug-likeness (QED) is 0.845. The van der Waals surface area contributed by atoms with Crippen molar-refractivity contribution in [1.82, 2.24) is 0 Å². The molecular weight excluding hydrogens is 238 g/mol. The number of benzene rings is 1. The van der Waals surface area contributed by atoms with Crippen LogP contribution in [0.5, 0.6) is 0 Å². The lowest BCUT2D eigenvalue weighted by molar-refractivity contribution is 0.0599. The van der Waals surface area contributed by atoms with Crippen LogP contribution in [0.4, 0.5) is 0 Å². The van der Waals surface area contributed by atoms with E-state index in [9.17, 15) is 4.79 Å². The van der Waals surface area contributed by atoms with E-state index in [1.54, 1.807) is 0 Å². The van der Waals surface area contributed by atoms with Crippen molar-refractivity contribution >= 4 is 11.7 Å². The first-order chi connectivity index (χ1) is 9.08. The summed E-state index contributed by atoms with van der Waals surface area (Å²) >= 11 is 0. The van der Waals surface area contributed by atoms with Crippen LogP contribution in [0.2, 0.25) is 0 Å². The van der Waals surface area contributed by atoms with Crippen molar-refractivity contribution in [2.24, 2.45) is 5.73 Å². The van der Waals surface area contributed by atoms with Crippen LogP contribution in [-0.4, -0.2) is 13.1 Å². The maximum absolute atomic E-state index is 11.8. The Morgan fingerprint density at radius 1 is 1.42 bits per heavy atom. The standard InChI is InChI=1S/C16H21NO2/c1-4-11-8-14(12-6-5-7-12)13(10(2)17)9-15(11)16(18)19-3/h8-9,12H,2,4-7,17H2,1,3H3. The molecule has 0 saturated heterocycles. The number of hydrogen-bond acceptors (Lipinski definition) is 3. The smallest absolute Gasteiger partial charge is 0.338 e. The van der Waals surface area contributed by atoms with Gasteiger partial charge in [0.05, 0.1) is 12.7 Å². The molecule has 3 heteroatoms. The second kappa shape index (κ2) is 5.47. The highest BCUT2D eigenvalue weighted by Crippen LogP contribution is 2.40. The van der Waals surface area contributed by atoms with Gasteiger partial charge in [0.1, 0.15) is 0 Å². The van der Waals surface area contributed by atoms with Crippen molar-refractivity contribution in [2.75, 3.05) is 7.11 Å². The van der Waals surface area contributed by atoms with Crippen molar-refractivity contribution in [2.45, 2.75) is 38.5 Å². The lowest BCUT2D eigenvalue weighted by Crippen LogP contribution is -2.15. The molecule has 1 aliphatic carbocycles. The Kier molecular flexibility index (Phi) is 3.93. The first-order valence-corrected chi connectivity index (χ1v) is 6.78. The van der Waals surface area contributed by atoms with Crippen LogP contribution >= 0.6 is 0 Å². The third-order valence-corrected chi connectivity index (χ3v) is 3.95. The molecule has 1 fully saturated rings. The topological polar surface area (TPSA) is 52.3 Å². The largest absolute Gasteiger partial charge is 0.465 e. The van der Waals surface area contributed by atoms with Gasteiger partial charge in [-0.2, -0.15) is 0 Å². The first-order valence-electron chi connectivity index (χ1n) is 6.78. The Bertz CT molecular complexity index is 516. The number of rotatable bonds is 4. The third kappa shape index (κ3) is 2.50. The van der Waals surface area contributed by atoms with Gasteiger partial charge < -0.3 is 10.5 Å². The number of carbonyl (C=O) groups excluding carboxylic acids is 1. The summed E-state index contributed by atoms with van der Waals surface area (Å²) < 4.78 is 4.84. The summed E-state index contributed by atoms with van der Waals surface area (Å²) in [5.41, 5.74) is 10.2. The average Bonchev–Trinajstić information content (AvgIpc) is 2.34. The van der Waals surface area contributed by atoms with E-state index >= 15 is 0 Å². The summed E-state index contributed by atoms with van der Waals surface area (Å²) in [6.45, 7) is 5.88. The highest BCUT2D eigenvalue weighted by Gasteiger charge is 2.25. The minimum atomic E-state index is -0.306. The molecule has 0 amide bonds. The monoisotopic (exact) mass is 259 g/mol. The van der Waals surface area contributed by atoms with Gasteiger partial charge in [0.2, 0.25) is 0 Å².